The zero-order chi connectivity index (χ0) is 13.2. The minimum atomic E-state index is -0.964. The molecule has 1 aliphatic rings. The Labute approximate surface area is 106 Å². The van der Waals surface area contributed by atoms with Crippen LogP contribution in [0.25, 0.3) is 0 Å². The van der Waals surface area contributed by atoms with Gasteiger partial charge in [-0.2, -0.15) is 0 Å². The number of carboxylic acid groups (broad SMARTS) is 1. The summed E-state index contributed by atoms with van der Waals surface area (Å²) in [6, 6.07) is 7.59. The first-order chi connectivity index (χ1) is 8.60. The molecule has 0 spiro atoms. The van der Waals surface area contributed by atoms with Crippen LogP contribution in [0, 0.1) is 0 Å². The first-order valence-electron chi connectivity index (χ1n) is 6.09. The van der Waals surface area contributed by atoms with Crippen molar-refractivity contribution in [2.75, 3.05) is 13.7 Å². The van der Waals surface area contributed by atoms with Crippen molar-refractivity contribution in [3.8, 4) is 0 Å². The van der Waals surface area contributed by atoms with E-state index in [1.165, 1.54) is 7.11 Å². The lowest BCUT2D eigenvalue weighted by Crippen LogP contribution is -2.38. The molecule has 2 atom stereocenters. The summed E-state index contributed by atoms with van der Waals surface area (Å²) in [6.45, 7) is 0.164. The normalized spacial score (nSPS) is 23.7. The van der Waals surface area contributed by atoms with Crippen LogP contribution >= 0.6 is 0 Å². The quantitative estimate of drug-likeness (QED) is 0.828. The number of aliphatic hydroxyl groups excluding tert-OH is 1. The minimum Gasteiger partial charge on any atom is -0.481 e. The zero-order valence-electron chi connectivity index (χ0n) is 10.4. The van der Waals surface area contributed by atoms with Gasteiger partial charge in [-0.25, -0.2) is 0 Å². The molecule has 0 saturated carbocycles. The highest BCUT2D eigenvalue weighted by atomic mass is 16.5. The summed E-state index contributed by atoms with van der Waals surface area (Å²) in [7, 11) is 1.50. The van der Waals surface area contributed by atoms with E-state index >= 15 is 0 Å². The first kappa shape index (κ1) is 13.1. The van der Waals surface area contributed by atoms with Crippen LogP contribution in [0.5, 0.6) is 0 Å². The third-order valence-electron chi connectivity index (χ3n) is 3.71. The topological polar surface area (TPSA) is 66.8 Å². The summed E-state index contributed by atoms with van der Waals surface area (Å²) < 4.78 is 4.88. The molecule has 2 unspecified atom stereocenters. The van der Waals surface area contributed by atoms with Crippen LogP contribution in [0.4, 0.5) is 0 Å². The van der Waals surface area contributed by atoms with Crippen LogP contribution in [0.3, 0.4) is 0 Å². The molecular formula is C14H18O4. The van der Waals surface area contributed by atoms with E-state index in [1.54, 1.807) is 0 Å². The van der Waals surface area contributed by atoms with Gasteiger partial charge >= 0.3 is 5.97 Å². The molecule has 1 aromatic carbocycles. The fourth-order valence-electron chi connectivity index (χ4n) is 2.86. The van der Waals surface area contributed by atoms with Crippen molar-refractivity contribution in [3.05, 3.63) is 35.4 Å². The molecule has 4 heteroatoms. The van der Waals surface area contributed by atoms with E-state index in [0.717, 1.165) is 17.5 Å². The summed E-state index contributed by atoms with van der Waals surface area (Å²) >= 11 is 0. The summed E-state index contributed by atoms with van der Waals surface area (Å²) in [5.41, 5.74) is 0.950. The number of ether oxygens (including phenoxy) is 1. The van der Waals surface area contributed by atoms with Crippen molar-refractivity contribution in [2.24, 2.45) is 0 Å². The van der Waals surface area contributed by atoms with E-state index in [2.05, 4.69) is 0 Å². The summed E-state index contributed by atoms with van der Waals surface area (Å²) in [4.78, 5) is 11.7. The third kappa shape index (κ3) is 2.13. The van der Waals surface area contributed by atoms with Crippen molar-refractivity contribution in [3.63, 3.8) is 0 Å². The molecule has 0 aliphatic heterocycles. The number of aliphatic hydroxyl groups is 1. The van der Waals surface area contributed by atoms with E-state index in [4.69, 9.17) is 4.74 Å². The monoisotopic (exact) mass is 250 g/mol. The Bertz CT molecular complexity index is 443. The molecular weight excluding hydrogens is 232 g/mol. The van der Waals surface area contributed by atoms with Gasteiger partial charge in [-0.05, 0) is 30.4 Å². The van der Waals surface area contributed by atoms with Crippen molar-refractivity contribution in [1.29, 1.82) is 0 Å². The number of aliphatic carboxylic acids is 1. The number of hydrogen-bond donors (Lipinski definition) is 2. The summed E-state index contributed by atoms with van der Waals surface area (Å²) in [5.74, 6) is -0.859. The van der Waals surface area contributed by atoms with E-state index in [1.807, 2.05) is 24.3 Å². The van der Waals surface area contributed by atoms with Gasteiger partial charge in [0.1, 0.15) is 0 Å². The Kier molecular flexibility index (Phi) is 3.68. The smallest absolute Gasteiger partial charge is 0.314 e. The average molecular weight is 250 g/mol. The Morgan fingerprint density at radius 3 is 2.89 bits per heavy atom. The largest absolute Gasteiger partial charge is 0.481 e. The van der Waals surface area contributed by atoms with Gasteiger partial charge < -0.3 is 14.9 Å². The second-order valence-corrected chi connectivity index (χ2v) is 4.86. The molecule has 0 heterocycles. The number of carbonyl (C=O) groups is 1. The van der Waals surface area contributed by atoms with Gasteiger partial charge in [0.2, 0.25) is 0 Å². The summed E-state index contributed by atoms with van der Waals surface area (Å²) in [6.07, 6.45) is 0.745. The van der Waals surface area contributed by atoms with Crippen molar-refractivity contribution < 1.29 is 19.7 Å². The van der Waals surface area contributed by atoms with Gasteiger partial charge in [0, 0.05) is 7.11 Å². The van der Waals surface area contributed by atoms with Gasteiger partial charge in [0.15, 0.2) is 0 Å². The van der Waals surface area contributed by atoms with E-state index in [-0.39, 0.29) is 13.0 Å². The minimum absolute atomic E-state index is 0.164. The number of benzene rings is 1. The van der Waals surface area contributed by atoms with Crippen LogP contribution in [-0.2, 0) is 21.4 Å². The fourth-order valence-corrected chi connectivity index (χ4v) is 2.86. The van der Waals surface area contributed by atoms with E-state index in [9.17, 15) is 15.0 Å². The van der Waals surface area contributed by atoms with Crippen molar-refractivity contribution in [1.82, 2.24) is 0 Å². The molecule has 98 valence electrons. The van der Waals surface area contributed by atoms with Gasteiger partial charge in [-0.1, -0.05) is 24.3 Å². The first-order valence-corrected chi connectivity index (χ1v) is 6.09. The van der Waals surface area contributed by atoms with Crippen LogP contribution in [-0.4, -0.2) is 36.0 Å². The molecule has 0 amide bonds. The molecule has 0 radical (unpaired) electrons. The SMILES string of the molecule is COCC(O)CC1(C(=O)O)CCc2ccccc21. The highest BCUT2D eigenvalue weighted by Gasteiger charge is 2.46. The second kappa shape index (κ2) is 5.08. The zero-order valence-corrected chi connectivity index (χ0v) is 10.4. The number of carboxylic acids is 1. The molecule has 4 nitrogen and oxygen atoms in total. The van der Waals surface area contributed by atoms with Gasteiger partial charge in [0.25, 0.3) is 0 Å². The maximum Gasteiger partial charge on any atom is 0.314 e. The van der Waals surface area contributed by atoms with Gasteiger partial charge in [-0.3, -0.25) is 4.79 Å². The maximum atomic E-state index is 11.7. The molecule has 1 aliphatic carbocycles. The predicted molar refractivity (Wildman–Crippen MR) is 66.6 cm³/mol. The predicted octanol–water partition coefficient (Wildman–Crippen LogP) is 1.35. The summed E-state index contributed by atoms with van der Waals surface area (Å²) in [5, 5.41) is 19.4. The fraction of sp³-hybridized carbons (Fsp3) is 0.500. The second-order valence-electron chi connectivity index (χ2n) is 4.86. The lowest BCUT2D eigenvalue weighted by Gasteiger charge is -2.27. The van der Waals surface area contributed by atoms with E-state index < -0.39 is 17.5 Å². The highest BCUT2D eigenvalue weighted by molar-refractivity contribution is 5.83. The molecule has 18 heavy (non-hydrogen) atoms. The van der Waals surface area contributed by atoms with E-state index in [0.29, 0.717) is 6.42 Å². The average Bonchev–Trinajstić information content (AvgIpc) is 2.70. The standard InChI is InChI=1S/C14H18O4/c1-18-9-11(15)8-14(13(16)17)7-6-10-4-2-3-5-12(10)14/h2-5,11,15H,6-9H2,1H3,(H,16,17). The highest BCUT2D eigenvalue weighted by Crippen LogP contribution is 2.42. The number of rotatable bonds is 5. The Hall–Kier alpha value is -1.39. The van der Waals surface area contributed by atoms with Crippen molar-refractivity contribution in [2.45, 2.75) is 30.8 Å². The molecule has 2 rings (SSSR count). The van der Waals surface area contributed by atoms with Gasteiger partial charge in [0.05, 0.1) is 18.1 Å². The Morgan fingerprint density at radius 1 is 1.50 bits per heavy atom. The van der Waals surface area contributed by atoms with Gasteiger partial charge in [-0.15, -0.1) is 0 Å². The maximum absolute atomic E-state index is 11.7. The number of fused-ring (bicyclic) bond motifs is 1. The molecule has 0 bridgehead atoms. The molecule has 0 aromatic heterocycles. The van der Waals surface area contributed by atoms with Crippen LogP contribution in [0.2, 0.25) is 0 Å². The number of aryl methyl sites for hydroxylation is 1. The molecule has 1 aromatic rings. The van der Waals surface area contributed by atoms with Crippen LogP contribution < -0.4 is 0 Å². The third-order valence-corrected chi connectivity index (χ3v) is 3.71. The Balaban J connectivity index is 2.33. The molecule has 0 saturated heterocycles. The van der Waals surface area contributed by atoms with Crippen molar-refractivity contribution >= 4 is 5.97 Å². The number of methoxy groups -OCH3 is 1. The molecule has 2 N–H and O–H groups in total. The Morgan fingerprint density at radius 2 is 2.22 bits per heavy atom. The van der Waals surface area contributed by atoms with Crippen LogP contribution in [0.1, 0.15) is 24.0 Å². The lowest BCUT2D eigenvalue weighted by molar-refractivity contribution is -0.145. The lowest BCUT2D eigenvalue weighted by atomic mass is 9.77. The number of hydrogen-bond acceptors (Lipinski definition) is 3. The molecule has 0 fully saturated rings. The van der Waals surface area contributed by atoms with Crippen LogP contribution in [0.15, 0.2) is 24.3 Å².